The number of benzene rings is 2. The van der Waals surface area contributed by atoms with E-state index in [1.54, 1.807) is 42.7 Å². The Balaban J connectivity index is 1.54. The minimum Gasteiger partial charge on any atom is -0.497 e. The fourth-order valence-electron chi connectivity index (χ4n) is 2.63. The van der Waals surface area contributed by atoms with Gasteiger partial charge in [0.1, 0.15) is 5.75 Å². The Morgan fingerprint density at radius 1 is 1.12 bits per heavy atom. The van der Waals surface area contributed by atoms with Crippen LogP contribution in [0, 0.1) is 0 Å². The van der Waals surface area contributed by atoms with E-state index in [9.17, 15) is 4.79 Å². The first-order chi connectivity index (χ1) is 12.7. The minimum atomic E-state index is -0.316. The van der Waals surface area contributed by atoms with Gasteiger partial charge in [-0.3, -0.25) is 4.40 Å². The number of aromatic nitrogens is 2. The number of nitrogens with zero attached hydrogens (tertiary/aromatic N) is 2. The smallest absolute Gasteiger partial charge is 0.323 e. The number of anilines is 2. The molecule has 0 bridgehead atoms. The van der Waals surface area contributed by atoms with Crippen LogP contribution in [0.25, 0.3) is 16.2 Å². The summed E-state index contributed by atoms with van der Waals surface area (Å²) in [6.45, 7) is 0. The number of thiazole rings is 1. The third-order valence-electron chi connectivity index (χ3n) is 3.89. The number of carbonyl (C=O) groups excluding carboxylic acids is 1. The van der Waals surface area contributed by atoms with Crippen LogP contribution in [0.4, 0.5) is 16.2 Å². The van der Waals surface area contributed by atoms with Gasteiger partial charge < -0.3 is 15.4 Å². The Morgan fingerprint density at radius 3 is 2.69 bits per heavy atom. The molecular formula is C19H16N4O2S. The number of hydrogen-bond donors (Lipinski definition) is 2. The number of ether oxygens (including phenoxy) is 1. The zero-order valence-electron chi connectivity index (χ0n) is 14.0. The average molecular weight is 364 g/mol. The van der Waals surface area contributed by atoms with Gasteiger partial charge in [-0.05, 0) is 30.3 Å². The highest BCUT2D eigenvalue weighted by Crippen LogP contribution is 2.28. The lowest BCUT2D eigenvalue weighted by Crippen LogP contribution is -2.19. The van der Waals surface area contributed by atoms with Crippen LogP contribution in [0.1, 0.15) is 0 Å². The third kappa shape index (κ3) is 3.25. The van der Waals surface area contributed by atoms with Crippen LogP contribution >= 0.6 is 11.3 Å². The molecule has 2 aromatic heterocycles. The summed E-state index contributed by atoms with van der Waals surface area (Å²) in [4.78, 5) is 17.9. The number of fused-ring (bicyclic) bond motifs is 1. The molecule has 6 nitrogen and oxygen atoms in total. The van der Waals surface area contributed by atoms with E-state index in [0.717, 1.165) is 22.0 Å². The van der Waals surface area contributed by atoms with Gasteiger partial charge in [0.2, 0.25) is 0 Å². The maximum Gasteiger partial charge on any atom is 0.323 e. The second-order valence-electron chi connectivity index (χ2n) is 5.57. The van der Waals surface area contributed by atoms with E-state index in [4.69, 9.17) is 4.74 Å². The van der Waals surface area contributed by atoms with E-state index in [1.165, 1.54) is 0 Å². The van der Waals surface area contributed by atoms with Crippen molar-refractivity contribution in [1.29, 1.82) is 0 Å². The standard InChI is InChI=1S/C19H16N4O2S/c1-25-14-8-6-13(7-9-14)20-18(24)21-16-5-3-2-4-15(16)17-12-23-10-11-26-19(23)22-17/h2-12H,1H3,(H2,20,21,24). The quantitative estimate of drug-likeness (QED) is 0.551. The molecule has 0 spiro atoms. The third-order valence-corrected chi connectivity index (χ3v) is 4.66. The van der Waals surface area contributed by atoms with E-state index in [-0.39, 0.29) is 6.03 Å². The van der Waals surface area contributed by atoms with E-state index in [0.29, 0.717) is 11.4 Å². The van der Waals surface area contributed by atoms with Gasteiger partial charge in [0.15, 0.2) is 4.96 Å². The minimum absolute atomic E-state index is 0.316. The number of hydrogen-bond acceptors (Lipinski definition) is 4. The van der Waals surface area contributed by atoms with Gasteiger partial charge in [-0.25, -0.2) is 9.78 Å². The lowest BCUT2D eigenvalue weighted by atomic mass is 10.1. The van der Waals surface area contributed by atoms with Crippen LogP contribution in [-0.4, -0.2) is 22.5 Å². The van der Waals surface area contributed by atoms with E-state index < -0.39 is 0 Å². The highest BCUT2D eigenvalue weighted by atomic mass is 32.1. The number of para-hydroxylation sites is 1. The van der Waals surface area contributed by atoms with Gasteiger partial charge in [-0.1, -0.05) is 18.2 Å². The molecule has 7 heteroatoms. The molecule has 4 aromatic rings. The summed E-state index contributed by atoms with van der Waals surface area (Å²) in [6.07, 6.45) is 3.91. The zero-order chi connectivity index (χ0) is 17.9. The number of carbonyl (C=O) groups is 1. The molecule has 4 rings (SSSR count). The van der Waals surface area contributed by atoms with Crippen LogP contribution in [0.15, 0.2) is 66.3 Å². The molecule has 2 aromatic carbocycles. The average Bonchev–Trinajstić information content (AvgIpc) is 3.25. The monoisotopic (exact) mass is 364 g/mol. The number of methoxy groups -OCH3 is 1. The number of rotatable bonds is 4. The van der Waals surface area contributed by atoms with Crippen molar-refractivity contribution in [2.75, 3.05) is 17.7 Å². The number of amides is 2. The van der Waals surface area contributed by atoms with Crippen molar-refractivity contribution in [2.45, 2.75) is 0 Å². The van der Waals surface area contributed by atoms with E-state index in [1.807, 2.05) is 46.4 Å². The van der Waals surface area contributed by atoms with Gasteiger partial charge >= 0.3 is 6.03 Å². The Hall–Kier alpha value is -3.32. The van der Waals surface area contributed by atoms with E-state index in [2.05, 4.69) is 15.6 Å². The summed E-state index contributed by atoms with van der Waals surface area (Å²) in [6, 6.07) is 14.4. The molecule has 26 heavy (non-hydrogen) atoms. The van der Waals surface area contributed by atoms with Crippen LogP contribution in [0.5, 0.6) is 5.75 Å². The summed E-state index contributed by atoms with van der Waals surface area (Å²) in [5.41, 5.74) is 3.07. The first-order valence-electron chi connectivity index (χ1n) is 7.96. The lowest BCUT2D eigenvalue weighted by molar-refractivity contribution is 0.262. The molecule has 2 N–H and O–H groups in total. The van der Waals surface area contributed by atoms with Gasteiger partial charge in [-0.15, -0.1) is 11.3 Å². The Morgan fingerprint density at radius 2 is 1.92 bits per heavy atom. The molecule has 2 amide bonds. The zero-order valence-corrected chi connectivity index (χ0v) is 14.8. The molecule has 0 aliphatic carbocycles. The Bertz CT molecular complexity index is 1020. The molecule has 0 atom stereocenters. The SMILES string of the molecule is COc1ccc(NC(=O)Nc2ccccc2-c2cn3ccsc3n2)cc1. The van der Waals surface area contributed by atoms with Crippen molar-refractivity contribution in [1.82, 2.24) is 9.38 Å². The second-order valence-corrected chi connectivity index (χ2v) is 6.45. The largest absolute Gasteiger partial charge is 0.497 e. The number of urea groups is 1. The van der Waals surface area contributed by atoms with Crippen LogP contribution in [-0.2, 0) is 0 Å². The molecule has 0 saturated carbocycles. The van der Waals surface area contributed by atoms with Gasteiger partial charge in [0, 0.05) is 29.0 Å². The van der Waals surface area contributed by atoms with Crippen molar-refractivity contribution in [3.8, 4) is 17.0 Å². The number of imidazole rings is 1. The summed E-state index contributed by atoms with van der Waals surface area (Å²) in [5, 5.41) is 7.69. The van der Waals surface area contributed by atoms with Gasteiger partial charge in [0.05, 0.1) is 18.5 Å². The van der Waals surface area contributed by atoms with Crippen molar-refractivity contribution in [3.63, 3.8) is 0 Å². The fourth-order valence-corrected chi connectivity index (χ4v) is 3.33. The first kappa shape index (κ1) is 16.2. The molecule has 0 aliphatic rings. The molecule has 0 aliphatic heterocycles. The van der Waals surface area contributed by atoms with Gasteiger partial charge in [-0.2, -0.15) is 0 Å². The topological polar surface area (TPSA) is 67.7 Å². The molecule has 0 radical (unpaired) electrons. The highest BCUT2D eigenvalue weighted by Gasteiger charge is 2.12. The highest BCUT2D eigenvalue weighted by molar-refractivity contribution is 7.15. The van der Waals surface area contributed by atoms with Crippen molar-refractivity contribution < 1.29 is 9.53 Å². The summed E-state index contributed by atoms with van der Waals surface area (Å²) >= 11 is 1.57. The van der Waals surface area contributed by atoms with Crippen molar-refractivity contribution >= 4 is 33.7 Å². The predicted octanol–water partition coefficient (Wildman–Crippen LogP) is 4.72. The summed E-state index contributed by atoms with van der Waals surface area (Å²) in [5.74, 6) is 0.737. The summed E-state index contributed by atoms with van der Waals surface area (Å²) in [7, 11) is 1.60. The lowest BCUT2D eigenvalue weighted by Gasteiger charge is -2.11. The normalized spacial score (nSPS) is 10.7. The number of nitrogens with one attached hydrogen (secondary N) is 2. The summed E-state index contributed by atoms with van der Waals surface area (Å²) < 4.78 is 7.08. The van der Waals surface area contributed by atoms with Crippen LogP contribution in [0.3, 0.4) is 0 Å². The molecule has 0 unspecified atom stereocenters. The maximum absolute atomic E-state index is 12.4. The molecule has 0 fully saturated rings. The predicted molar refractivity (Wildman–Crippen MR) is 104 cm³/mol. The maximum atomic E-state index is 12.4. The second kappa shape index (κ2) is 6.89. The molecule has 0 saturated heterocycles. The van der Waals surface area contributed by atoms with Crippen LogP contribution in [0.2, 0.25) is 0 Å². The molecule has 130 valence electrons. The Kier molecular flexibility index (Phi) is 4.28. The van der Waals surface area contributed by atoms with Crippen LogP contribution < -0.4 is 15.4 Å². The first-order valence-corrected chi connectivity index (χ1v) is 8.84. The fraction of sp³-hybridized carbons (Fsp3) is 0.0526. The van der Waals surface area contributed by atoms with E-state index >= 15 is 0 Å². The van der Waals surface area contributed by atoms with Crippen molar-refractivity contribution in [2.24, 2.45) is 0 Å². The molecular weight excluding hydrogens is 348 g/mol. The molecule has 2 heterocycles. The van der Waals surface area contributed by atoms with Gasteiger partial charge in [0.25, 0.3) is 0 Å². The van der Waals surface area contributed by atoms with Crippen molar-refractivity contribution in [3.05, 3.63) is 66.3 Å². The Labute approximate surface area is 154 Å².